The molecular formula is C14H26N4O2. The van der Waals surface area contributed by atoms with E-state index in [1.807, 2.05) is 0 Å². The van der Waals surface area contributed by atoms with Gasteiger partial charge in [0, 0.05) is 25.8 Å². The van der Waals surface area contributed by atoms with Crippen LogP contribution in [0.25, 0.3) is 0 Å². The van der Waals surface area contributed by atoms with Gasteiger partial charge >= 0.3 is 0 Å². The molecule has 114 valence electrons. The molecule has 0 saturated carbocycles. The van der Waals surface area contributed by atoms with E-state index < -0.39 is 6.10 Å². The maximum Gasteiger partial charge on any atom is 0.0862 e. The molecule has 2 rings (SSSR count). The Morgan fingerprint density at radius 1 is 1.30 bits per heavy atom. The lowest BCUT2D eigenvalue weighted by Gasteiger charge is -2.47. The van der Waals surface area contributed by atoms with E-state index in [9.17, 15) is 5.11 Å². The summed E-state index contributed by atoms with van der Waals surface area (Å²) >= 11 is 0. The third-order valence-electron chi connectivity index (χ3n) is 3.28. The number of β-amino-alcohol motifs (C(OH)–C–C–N with tert-alkyl or cyclic N) is 1. The number of nitrogen functional groups attached to an aromatic ring is 1. The molecule has 0 amide bonds. The summed E-state index contributed by atoms with van der Waals surface area (Å²) in [5.74, 6) is 0. The number of anilines is 1. The van der Waals surface area contributed by atoms with E-state index in [4.69, 9.17) is 10.5 Å². The smallest absolute Gasteiger partial charge is 0.0862 e. The Kier molecular flexibility index (Phi) is 4.09. The summed E-state index contributed by atoms with van der Waals surface area (Å²) in [7, 11) is 0. The average Bonchev–Trinajstić information content (AvgIpc) is 2.58. The van der Waals surface area contributed by atoms with Gasteiger partial charge in [0.1, 0.15) is 0 Å². The van der Waals surface area contributed by atoms with Crippen LogP contribution in [0.5, 0.6) is 0 Å². The summed E-state index contributed by atoms with van der Waals surface area (Å²) in [6.45, 7) is 11.0. The molecule has 1 saturated heterocycles. The molecule has 1 atom stereocenters. The average molecular weight is 282 g/mol. The maximum atomic E-state index is 10.2. The van der Waals surface area contributed by atoms with Gasteiger partial charge in [-0.25, -0.2) is 0 Å². The molecule has 0 aliphatic carbocycles. The molecule has 1 aromatic rings. The normalized spacial score (nSPS) is 23.6. The van der Waals surface area contributed by atoms with E-state index >= 15 is 0 Å². The van der Waals surface area contributed by atoms with Crippen molar-refractivity contribution in [1.29, 1.82) is 0 Å². The topological polar surface area (TPSA) is 76.5 Å². The van der Waals surface area contributed by atoms with Crippen LogP contribution in [0.15, 0.2) is 12.4 Å². The lowest BCUT2D eigenvalue weighted by Crippen LogP contribution is -2.58. The van der Waals surface area contributed by atoms with Gasteiger partial charge < -0.3 is 15.6 Å². The molecule has 0 radical (unpaired) electrons. The van der Waals surface area contributed by atoms with E-state index in [1.54, 1.807) is 17.1 Å². The second-order valence-corrected chi connectivity index (χ2v) is 6.94. The number of hydrogen-bond donors (Lipinski definition) is 2. The zero-order valence-corrected chi connectivity index (χ0v) is 12.8. The Labute approximate surface area is 120 Å². The van der Waals surface area contributed by atoms with Gasteiger partial charge in [-0.1, -0.05) is 0 Å². The van der Waals surface area contributed by atoms with Gasteiger partial charge in [0.2, 0.25) is 0 Å². The molecular weight excluding hydrogens is 256 g/mol. The number of aromatic nitrogens is 2. The highest BCUT2D eigenvalue weighted by Gasteiger charge is 2.38. The molecule has 1 unspecified atom stereocenters. The fourth-order valence-electron chi connectivity index (χ4n) is 3.13. The second-order valence-electron chi connectivity index (χ2n) is 6.94. The van der Waals surface area contributed by atoms with Crippen LogP contribution in [-0.4, -0.2) is 56.7 Å². The number of aliphatic hydroxyl groups excluding tert-OH is 1. The van der Waals surface area contributed by atoms with Gasteiger partial charge in [0.05, 0.1) is 35.7 Å². The highest BCUT2D eigenvalue weighted by Crippen LogP contribution is 2.28. The third-order valence-corrected chi connectivity index (χ3v) is 3.28. The van der Waals surface area contributed by atoms with Crippen LogP contribution < -0.4 is 5.73 Å². The molecule has 2 heterocycles. The zero-order valence-electron chi connectivity index (χ0n) is 12.8. The summed E-state index contributed by atoms with van der Waals surface area (Å²) in [6.07, 6.45) is 2.85. The number of morpholine rings is 1. The van der Waals surface area contributed by atoms with Gasteiger partial charge in [-0.2, -0.15) is 5.10 Å². The first-order valence-electron chi connectivity index (χ1n) is 7.04. The lowest BCUT2D eigenvalue weighted by molar-refractivity contribution is -0.184. The van der Waals surface area contributed by atoms with Crippen LogP contribution in [0.1, 0.15) is 27.7 Å². The van der Waals surface area contributed by atoms with Gasteiger partial charge in [-0.15, -0.1) is 0 Å². The molecule has 0 spiro atoms. The molecule has 20 heavy (non-hydrogen) atoms. The first-order valence-corrected chi connectivity index (χ1v) is 7.04. The first-order chi connectivity index (χ1) is 9.15. The molecule has 0 aromatic carbocycles. The maximum absolute atomic E-state index is 10.2. The number of rotatable bonds is 4. The molecule has 6 heteroatoms. The molecule has 1 aliphatic rings. The van der Waals surface area contributed by atoms with Crippen molar-refractivity contribution >= 4 is 5.69 Å². The predicted molar refractivity (Wildman–Crippen MR) is 78.3 cm³/mol. The number of aliphatic hydroxyl groups is 1. The Hall–Kier alpha value is -1.11. The summed E-state index contributed by atoms with van der Waals surface area (Å²) < 4.78 is 7.71. The van der Waals surface area contributed by atoms with Gasteiger partial charge in [0.15, 0.2) is 0 Å². The fourth-order valence-corrected chi connectivity index (χ4v) is 3.13. The van der Waals surface area contributed by atoms with E-state index in [0.717, 1.165) is 13.1 Å². The summed E-state index contributed by atoms with van der Waals surface area (Å²) in [6, 6.07) is 0. The Bertz CT molecular complexity index is 440. The minimum Gasteiger partial charge on any atom is -0.396 e. The second kappa shape index (κ2) is 5.35. The minimum absolute atomic E-state index is 0.197. The van der Waals surface area contributed by atoms with Crippen LogP contribution in [-0.2, 0) is 11.3 Å². The van der Waals surface area contributed by atoms with Crippen molar-refractivity contribution in [2.45, 2.75) is 51.5 Å². The molecule has 6 nitrogen and oxygen atoms in total. The number of nitrogens with zero attached hydrogens (tertiary/aromatic N) is 3. The van der Waals surface area contributed by atoms with E-state index in [0.29, 0.717) is 18.8 Å². The van der Waals surface area contributed by atoms with Crippen LogP contribution in [0.3, 0.4) is 0 Å². The molecule has 3 N–H and O–H groups in total. The van der Waals surface area contributed by atoms with E-state index in [2.05, 4.69) is 37.7 Å². The van der Waals surface area contributed by atoms with Crippen LogP contribution in [0.4, 0.5) is 5.69 Å². The van der Waals surface area contributed by atoms with Crippen molar-refractivity contribution in [2.75, 3.05) is 25.4 Å². The summed E-state index contributed by atoms with van der Waals surface area (Å²) in [5.41, 5.74) is 5.84. The SMILES string of the molecule is CC1(C)CN(CC(O)Cn2cc(N)cn2)CC(C)(C)O1. The molecule has 1 fully saturated rings. The minimum atomic E-state index is -0.473. The number of ether oxygens (including phenoxy) is 1. The van der Waals surface area contributed by atoms with E-state index in [-0.39, 0.29) is 11.2 Å². The lowest BCUT2D eigenvalue weighted by atomic mass is 9.98. The van der Waals surface area contributed by atoms with E-state index in [1.165, 1.54) is 0 Å². The van der Waals surface area contributed by atoms with Crippen LogP contribution in [0.2, 0.25) is 0 Å². The van der Waals surface area contributed by atoms with Gasteiger partial charge in [0.25, 0.3) is 0 Å². The van der Waals surface area contributed by atoms with Crippen molar-refractivity contribution in [3.63, 3.8) is 0 Å². The van der Waals surface area contributed by atoms with Crippen molar-refractivity contribution in [1.82, 2.24) is 14.7 Å². The zero-order chi connectivity index (χ0) is 15.0. The van der Waals surface area contributed by atoms with Crippen LogP contribution >= 0.6 is 0 Å². The van der Waals surface area contributed by atoms with Crippen molar-refractivity contribution < 1.29 is 9.84 Å². The Morgan fingerprint density at radius 2 is 1.90 bits per heavy atom. The van der Waals surface area contributed by atoms with Gasteiger partial charge in [-0.3, -0.25) is 9.58 Å². The Balaban J connectivity index is 1.91. The fraction of sp³-hybridized carbons (Fsp3) is 0.786. The van der Waals surface area contributed by atoms with Crippen LogP contribution in [0, 0.1) is 0 Å². The highest BCUT2D eigenvalue weighted by atomic mass is 16.5. The standard InChI is InChI=1S/C14H26N4O2/c1-13(2)9-17(10-14(3,4)20-13)7-12(19)8-18-6-11(15)5-16-18/h5-6,12,19H,7-10,15H2,1-4H3. The molecule has 1 aromatic heterocycles. The quantitative estimate of drug-likeness (QED) is 0.851. The third kappa shape index (κ3) is 4.19. The largest absolute Gasteiger partial charge is 0.396 e. The number of hydrogen-bond acceptors (Lipinski definition) is 5. The van der Waals surface area contributed by atoms with Crippen molar-refractivity contribution in [3.8, 4) is 0 Å². The highest BCUT2D eigenvalue weighted by molar-refractivity contribution is 5.30. The predicted octanol–water partition coefficient (Wildman–Crippen LogP) is 0.716. The Morgan fingerprint density at radius 3 is 2.40 bits per heavy atom. The first kappa shape index (κ1) is 15.3. The molecule has 1 aliphatic heterocycles. The van der Waals surface area contributed by atoms with Gasteiger partial charge in [-0.05, 0) is 27.7 Å². The van der Waals surface area contributed by atoms with Crippen molar-refractivity contribution in [3.05, 3.63) is 12.4 Å². The number of nitrogens with two attached hydrogens (primary N) is 1. The summed E-state index contributed by atoms with van der Waals surface area (Å²) in [5, 5.41) is 14.3. The van der Waals surface area contributed by atoms with Crippen molar-refractivity contribution in [2.24, 2.45) is 0 Å². The summed E-state index contributed by atoms with van der Waals surface area (Å²) in [4.78, 5) is 2.25. The molecule has 0 bridgehead atoms. The monoisotopic (exact) mass is 282 g/mol.